The smallest absolute Gasteiger partial charge is 0.329 e. The molecule has 1 aliphatic rings. The van der Waals surface area contributed by atoms with Gasteiger partial charge in [0, 0.05) is 18.4 Å². The van der Waals surface area contributed by atoms with Gasteiger partial charge in [-0.3, -0.25) is 14.4 Å². The molecule has 4 rings (SSSR count). The van der Waals surface area contributed by atoms with E-state index in [0.717, 1.165) is 10.6 Å². The molecule has 0 saturated carbocycles. The van der Waals surface area contributed by atoms with Gasteiger partial charge >= 0.3 is 6.03 Å². The summed E-state index contributed by atoms with van der Waals surface area (Å²) in [5, 5.41) is 5.57. The van der Waals surface area contributed by atoms with Crippen molar-refractivity contribution < 1.29 is 14.4 Å². The molecule has 1 aromatic carbocycles. The molecular weight excluding hydrogens is 398 g/mol. The Morgan fingerprint density at radius 3 is 2.58 bits per heavy atom. The fourth-order valence-corrected chi connectivity index (χ4v) is 3.56. The van der Waals surface area contributed by atoms with Crippen LogP contribution < -0.4 is 21.0 Å². The van der Waals surface area contributed by atoms with Crippen molar-refractivity contribution in [3.63, 3.8) is 0 Å². The van der Waals surface area contributed by atoms with Gasteiger partial charge in [-0.2, -0.15) is 0 Å². The van der Waals surface area contributed by atoms with E-state index < -0.39 is 29.3 Å². The number of nitrogens with one attached hydrogen (secondary N) is 2. The molecule has 0 spiro atoms. The third-order valence-electron chi connectivity index (χ3n) is 5.17. The van der Waals surface area contributed by atoms with Gasteiger partial charge in [0.1, 0.15) is 17.3 Å². The number of anilines is 2. The maximum absolute atomic E-state index is 13.1. The number of para-hydroxylation sites is 2. The first-order valence-corrected chi connectivity index (χ1v) is 9.87. The lowest BCUT2D eigenvalue weighted by Crippen LogP contribution is -2.32. The third kappa shape index (κ3) is 3.43. The fraction of sp³-hybridized carbons (Fsp3) is 0.227. The van der Waals surface area contributed by atoms with E-state index in [9.17, 15) is 19.2 Å². The molecule has 31 heavy (non-hydrogen) atoms. The predicted molar refractivity (Wildman–Crippen MR) is 116 cm³/mol. The molecule has 1 saturated heterocycles. The van der Waals surface area contributed by atoms with Gasteiger partial charge in [-0.15, -0.1) is 0 Å². The van der Waals surface area contributed by atoms with Crippen LogP contribution in [0.3, 0.4) is 0 Å². The highest BCUT2D eigenvalue weighted by Gasteiger charge is 2.37. The Bertz CT molecular complexity index is 1300. The van der Waals surface area contributed by atoms with Gasteiger partial charge < -0.3 is 15.2 Å². The van der Waals surface area contributed by atoms with Gasteiger partial charge in [0.05, 0.1) is 16.8 Å². The maximum Gasteiger partial charge on any atom is 0.329 e. The number of benzene rings is 1. The Kier molecular flexibility index (Phi) is 5.02. The SMILES string of the molecule is CCn1cc(C(=O)Nc2ccccc2N2C(=O)NC(C)C2=O)c(=O)c2ccc(C)nc21. The second-order valence-electron chi connectivity index (χ2n) is 7.30. The van der Waals surface area contributed by atoms with Gasteiger partial charge in [0.15, 0.2) is 0 Å². The summed E-state index contributed by atoms with van der Waals surface area (Å²) in [6.45, 7) is 5.83. The minimum Gasteiger partial charge on any atom is -0.332 e. The molecule has 3 aromatic rings. The van der Waals surface area contributed by atoms with Gasteiger partial charge in [-0.25, -0.2) is 14.7 Å². The molecule has 1 aliphatic heterocycles. The average molecular weight is 419 g/mol. The summed E-state index contributed by atoms with van der Waals surface area (Å²) in [6.07, 6.45) is 1.48. The van der Waals surface area contributed by atoms with Crippen LogP contribution >= 0.6 is 0 Å². The van der Waals surface area contributed by atoms with Gasteiger partial charge in [-0.05, 0) is 45.0 Å². The number of amides is 4. The summed E-state index contributed by atoms with van der Waals surface area (Å²) >= 11 is 0. The van der Waals surface area contributed by atoms with E-state index in [1.165, 1.54) is 6.20 Å². The van der Waals surface area contributed by atoms with Crippen LogP contribution in [0.15, 0.2) is 47.4 Å². The number of aryl methyl sites for hydroxylation is 2. The van der Waals surface area contributed by atoms with Gasteiger partial charge in [-0.1, -0.05) is 12.1 Å². The molecule has 9 nitrogen and oxygen atoms in total. The van der Waals surface area contributed by atoms with Crippen molar-refractivity contribution in [1.82, 2.24) is 14.9 Å². The lowest BCUT2D eigenvalue weighted by molar-refractivity contribution is -0.117. The molecular formula is C22H21N5O4. The molecule has 9 heteroatoms. The molecule has 1 atom stereocenters. The van der Waals surface area contributed by atoms with Gasteiger partial charge in [0.25, 0.3) is 11.8 Å². The Balaban J connectivity index is 1.75. The molecule has 3 heterocycles. The molecule has 158 valence electrons. The number of hydrogen-bond acceptors (Lipinski definition) is 5. The third-order valence-corrected chi connectivity index (χ3v) is 5.17. The molecule has 0 aliphatic carbocycles. The van der Waals surface area contributed by atoms with Crippen LogP contribution in [0.2, 0.25) is 0 Å². The molecule has 4 amide bonds. The first kappa shape index (κ1) is 20.3. The van der Waals surface area contributed by atoms with E-state index in [2.05, 4.69) is 15.6 Å². The van der Waals surface area contributed by atoms with E-state index in [1.807, 2.05) is 13.8 Å². The van der Waals surface area contributed by atoms with Crippen LogP contribution in [0.5, 0.6) is 0 Å². The monoisotopic (exact) mass is 419 g/mol. The highest BCUT2D eigenvalue weighted by molar-refractivity contribution is 6.23. The zero-order chi connectivity index (χ0) is 22.3. The van der Waals surface area contributed by atoms with Crippen molar-refractivity contribution in [1.29, 1.82) is 0 Å². The number of rotatable bonds is 4. The number of pyridine rings is 2. The number of carbonyl (C=O) groups excluding carboxylic acids is 3. The second kappa shape index (κ2) is 7.67. The normalized spacial score (nSPS) is 16.0. The quantitative estimate of drug-likeness (QED) is 0.631. The van der Waals surface area contributed by atoms with Crippen LogP contribution in [0, 0.1) is 6.92 Å². The lowest BCUT2D eigenvalue weighted by Gasteiger charge is -2.18. The minimum absolute atomic E-state index is 0.0552. The first-order chi connectivity index (χ1) is 14.8. The Morgan fingerprint density at radius 2 is 1.90 bits per heavy atom. The topological polar surface area (TPSA) is 113 Å². The minimum atomic E-state index is -0.663. The summed E-state index contributed by atoms with van der Waals surface area (Å²) in [7, 11) is 0. The number of fused-ring (bicyclic) bond motifs is 1. The summed E-state index contributed by atoms with van der Waals surface area (Å²) in [5.74, 6) is -1.06. The average Bonchev–Trinajstić information content (AvgIpc) is 3.00. The molecule has 1 fully saturated rings. The zero-order valence-electron chi connectivity index (χ0n) is 17.3. The van der Waals surface area contributed by atoms with Crippen molar-refractivity contribution in [2.75, 3.05) is 10.2 Å². The van der Waals surface area contributed by atoms with E-state index >= 15 is 0 Å². The Morgan fingerprint density at radius 1 is 1.16 bits per heavy atom. The van der Waals surface area contributed by atoms with Crippen molar-refractivity contribution in [3.8, 4) is 0 Å². The summed E-state index contributed by atoms with van der Waals surface area (Å²) in [5.41, 5.74) is 1.26. The highest BCUT2D eigenvalue weighted by atomic mass is 16.2. The van der Waals surface area contributed by atoms with E-state index in [1.54, 1.807) is 47.9 Å². The Labute approximate surface area is 177 Å². The van der Waals surface area contributed by atoms with E-state index in [0.29, 0.717) is 17.6 Å². The molecule has 1 unspecified atom stereocenters. The predicted octanol–water partition coefficient (Wildman–Crippen LogP) is 2.42. The molecule has 0 bridgehead atoms. The number of hydrogen-bond donors (Lipinski definition) is 2. The van der Waals surface area contributed by atoms with Crippen molar-refractivity contribution in [2.24, 2.45) is 0 Å². The first-order valence-electron chi connectivity index (χ1n) is 9.87. The van der Waals surface area contributed by atoms with Crippen LogP contribution in [-0.2, 0) is 11.3 Å². The Hall–Kier alpha value is -4.01. The van der Waals surface area contributed by atoms with E-state index in [4.69, 9.17) is 0 Å². The fourth-order valence-electron chi connectivity index (χ4n) is 3.56. The molecule has 2 N–H and O–H groups in total. The number of urea groups is 1. The van der Waals surface area contributed by atoms with Crippen LogP contribution in [0.25, 0.3) is 11.0 Å². The number of carbonyl (C=O) groups is 3. The summed E-state index contributed by atoms with van der Waals surface area (Å²) in [6, 6.07) is 8.60. The lowest BCUT2D eigenvalue weighted by atomic mass is 10.1. The van der Waals surface area contributed by atoms with Crippen molar-refractivity contribution in [2.45, 2.75) is 33.4 Å². The maximum atomic E-state index is 13.1. The van der Waals surface area contributed by atoms with Crippen LogP contribution in [-0.4, -0.2) is 33.4 Å². The summed E-state index contributed by atoms with van der Waals surface area (Å²) in [4.78, 5) is 56.1. The standard InChI is InChI=1S/C22H21N5O4/c1-4-26-11-15(18(28)14-10-9-12(2)23-19(14)26)20(29)25-16-7-5-6-8-17(16)27-21(30)13(3)24-22(27)31/h5-11,13H,4H2,1-3H3,(H,24,31)(H,25,29). The van der Waals surface area contributed by atoms with Gasteiger partial charge in [0.2, 0.25) is 5.43 Å². The molecule has 0 radical (unpaired) electrons. The van der Waals surface area contributed by atoms with Crippen LogP contribution in [0.4, 0.5) is 16.2 Å². The molecule has 2 aromatic heterocycles. The largest absolute Gasteiger partial charge is 0.332 e. The highest BCUT2D eigenvalue weighted by Crippen LogP contribution is 2.29. The number of imide groups is 1. The van der Waals surface area contributed by atoms with Crippen LogP contribution in [0.1, 0.15) is 29.9 Å². The zero-order valence-corrected chi connectivity index (χ0v) is 17.3. The number of aromatic nitrogens is 2. The second-order valence-corrected chi connectivity index (χ2v) is 7.30. The van der Waals surface area contributed by atoms with E-state index in [-0.39, 0.29) is 16.9 Å². The summed E-state index contributed by atoms with van der Waals surface area (Å²) < 4.78 is 1.74. The van der Waals surface area contributed by atoms with Crippen molar-refractivity contribution in [3.05, 3.63) is 64.1 Å². The number of nitrogens with zero attached hydrogens (tertiary/aromatic N) is 3. The van der Waals surface area contributed by atoms with Crippen molar-refractivity contribution >= 4 is 40.3 Å².